The van der Waals surface area contributed by atoms with Crippen LogP contribution in [0.5, 0.6) is 0 Å². The van der Waals surface area contributed by atoms with Gasteiger partial charge in [0.2, 0.25) is 5.82 Å². The van der Waals surface area contributed by atoms with E-state index < -0.39 is 5.97 Å². The Kier molecular flexibility index (Phi) is 6.33. The second-order valence-electron chi connectivity index (χ2n) is 5.58. The highest BCUT2D eigenvalue weighted by Gasteiger charge is 2.24. The van der Waals surface area contributed by atoms with Crippen LogP contribution in [-0.2, 0) is 9.53 Å². The summed E-state index contributed by atoms with van der Waals surface area (Å²) < 4.78 is 4.90. The van der Waals surface area contributed by atoms with Crippen molar-refractivity contribution >= 4 is 11.9 Å². The van der Waals surface area contributed by atoms with Gasteiger partial charge in [0.25, 0.3) is 5.91 Å². The van der Waals surface area contributed by atoms with Crippen molar-refractivity contribution in [3.63, 3.8) is 0 Å². The predicted molar refractivity (Wildman–Crippen MR) is 77.8 cm³/mol. The molecule has 1 rings (SSSR count). The SMILES string of the molecule is CCOC(=O)CN(CC(C)C)C(=O)c1n[nH]c(C(C)C)n1. The molecule has 0 aliphatic rings. The zero-order valence-corrected chi connectivity index (χ0v) is 13.3. The van der Waals surface area contributed by atoms with Gasteiger partial charge in [-0.2, -0.15) is 0 Å². The first-order valence-corrected chi connectivity index (χ1v) is 7.22. The Balaban J connectivity index is 2.85. The minimum atomic E-state index is -0.425. The minimum absolute atomic E-state index is 0.0867. The van der Waals surface area contributed by atoms with Crippen LogP contribution in [0, 0.1) is 5.92 Å². The summed E-state index contributed by atoms with van der Waals surface area (Å²) in [6.45, 7) is 10.3. The summed E-state index contributed by atoms with van der Waals surface area (Å²) in [5.41, 5.74) is 0. The second-order valence-corrected chi connectivity index (χ2v) is 5.58. The predicted octanol–water partition coefficient (Wildman–Crippen LogP) is 1.59. The fourth-order valence-electron chi connectivity index (χ4n) is 1.79. The van der Waals surface area contributed by atoms with E-state index in [1.165, 1.54) is 4.90 Å². The average molecular weight is 296 g/mol. The molecule has 0 fully saturated rings. The van der Waals surface area contributed by atoms with Gasteiger partial charge in [-0.15, -0.1) is 5.10 Å². The van der Waals surface area contributed by atoms with Gasteiger partial charge in [0.05, 0.1) is 6.61 Å². The van der Waals surface area contributed by atoms with Crippen LogP contribution >= 0.6 is 0 Å². The van der Waals surface area contributed by atoms with Gasteiger partial charge >= 0.3 is 5.97 Å². The number of nitrogens with one attached hydrogen (secondary N) is 1. The van der Waals surface area contributed by atoms with Crippen LogP contribution in [0.4, 0.5) is 0 Å². The van der Waals surface area contributed by atoms with E-state index in [1.54, 1.807) is 6.92 Å². The number of hydrogen-bond acceptors (Lipinski definition) is 5. The molecule has 1 amide bonds. The summed E-state index contributed by atoms with van der Waals surface area (Å²) in [5, 5.41) is 6.69. The molecular weight excluding hydrogens is 272 g/mol. The maximum atomic E-state index is 12.4. The van der Waals surface area contributed by atoms with E-state index >= 15 is 0 Å². The summed E-state index contributed by atoms with van der Waals surface area (Å²) >= 11 is 0. The van der Waals surface area contributed by atoms with Crippen molar-refractivity contribution in [2.24, 2.45) is 5.92 Å². The third-order valence-corrected chi connectivity index (χ3v) is 2.74. The zero-order valence-electron chi connectivity index (χ0n) is 13.3. The van der Waals surface area contributed by atoms with Crippen LogP contribution in [0.2, 0.25) is 0 Å². The van der Waals surface area contributed by atoms with E-state index in [0.29, 0.717) is 19.0 Å². The van der Waals surface area contributed by atoms with Crippen molar-refractivity contribution in [1.29, 1.82) is 0 Å². The molecule has 21 heavy (non-hydrogen) atoms. The summed E-state index contributed by atoms with van der Waals surface area (Å²) in [6.07, 6.45) is 0. The highest BCUT2D eigenvalue weighted by Crippen LogP contribution is 2.10. The lowest BCUT2D eigenvalue weighted by Gasteiger charge is -2.22. The first-order valence-electron chi connectivity index (χ1n) is 7.22. The zero-order chi connectivity index (χ0) is 16.0. The van der Waals surface area contributed by atoms with Crippen molar-refractivity contribution in [2.75, 3.05) is 19.7 Å². The highest BCUT2D eigenvalue weighted by atomic mass is 16.5. The molecule has 0 aliphatic heterocycles. The number of esters is 1. The van der Waals surface area contributed by atoms with Crippen molar-refractivity contribution in [1.82, 2.24) is 20.1 Å². The monoisotopic (exact) mass is 296 g/mol. The van der Waals surface area contributed by atoms with Gasteiger partial charge in [-0.3, -0.25) is 14.7 Å². The first-order chi connectivity index (χ1) is 9.85. The molecule has 0 saturated carbocycles. The lowest BCUT2D eigenvalue weighted by Crippen LogP contribution is -2.39. The number of aromatic amines is 1. The molecule has 0 bridgehead atoms. The molecule has 118 valence electrons. The number of nitrogens with zero attached hydrogens (tertiary/aromatic N) is 3. The standard InChI is InChI=1S/C14H24N4O3/c1-6-21-11(19)8-18(7-9(2)3)14(20)13-15-12(10(4)5)16-17-13/h9-10H,6-8H2,1-5H3,(H,15,16,17). The Morgan fingerprint density at radius 1 is 1.29 bits per heavy atom. The van der Waals surface area contributed by atoms with E-state index in [2.05, 4.69) is 15.2 Å². The summed E-state index contributed by atoms with van der Waals surface area (Å²) in [7, 11) is 0. The molecule has 0 aliphatic carbocycles. The third kappa shape index (κ3) is 5.17. The molecule has 0 atom stereocenters. The van der Waals surface area contributed by atoms with Crippen molar-refractivity contribution in [2.45, 2.75) is 40.5 Å². The molecule has 0 aromatic carbocycles. The van der Waals surface area contributed by atoms with Crippen molar-refractivity contribution in [3.05, 3.63) is 11.6 Å². The Morgan fingerprint density at radius 2 is 1.95 bits per heavy atom. The van der Waals surface area contributed by atoms with Crippen LogP contribution in [0.15, 0.2) is 0 Å². The summed E-state index contributed by atoms with van der Waals surface area (Å²) in [4.78, 5) is 29.7. The van der Waals surface area contributed by atoms with E-state index in [0.717, 1.165) is 0 Å². The number of ether oxygens (including phenoxy) is 1. The molecular formula is C14H24N4O3. The maximum absolute atomic E-state index is 12.4. The average Bonchev–Trinajstić information content (AvgIpc) is 2.86. The number of carbonyl (C=O) groups excluding carboxylic acids is 2. The minimum Gasteiger partial charge on any atom is -0.465 e. The van der Waals surface area contributed by atoms with E-state index in [4.69, 9.17) is 4.74 Å². The molecule has 1 heterocycles. The molecule has 1 aromatic rings. The summed E-state index contributed by atoms with van der Waals surface area (Å²) in [6, 6.07) is 0. The Morgan fingerprint density at radius 3 is 2.43 bits per heavy atom. The Labute approximate surface area is 125 Å². The van der Waals surface area contributed by atoms with Gasteiger partial charge in [-0.05, 0) is 12.8 Å². The van der Waals surface area contributed by atoms with E-state index in [-0.39, 0.29) is 30.1 Å². The van der Waals surface area contributed by atoms with Gasteiger partial charge in [0.1, 0.15) is 12.4 Å². The topological polar surface area (TPSA) is 88.2 Å². The molecule has 1 N–H and O–H groups in total. The van der Waals surface area contributed by atoms with Gasteiger partial charge in [-0.1, -0.05) is 27.7 Å². The smallest absolute Gasteiger partial charge is 0.325 e. The Hall–Kier alpha value is -1.92. The normalized spacial score (nSPS) is 11.0. The highest BCUT2D eigenvalue weighted by molar-refractivity contribution is 5.92. The fraction of sp³-hybridized carbons (Fsp3) is 0.714. The molecule has 0 radical (unpaired) electrons. The van der Waals surface area contributed by atoms with Crippen LogP contribution < -0.4 is 0 Å². The van der Waals surface area contributed by atoms with Gasteiger partial charge in [0, 0.05) is 12.5 Å². The van der Waals surface area contributed by atoms with Crippen LogP contribution in [-0.4, -0.2) is 51.7 Å². The van der Waals surface area contributed by atoms with Crippen LogP contribution in [0.1, 0.15) is 57.0 Å². The van der Waals surface area contributed by atoms with Gasteiger partial charge in [0.15, 0.2) is 0 Å². The van der Waals surface area contributed by atoms with Gasteiger partial charge in [-0.25, -0.2) is 4.98 Å². The molecule has 7 heteroatoms. The molecule has 7 nitrogen and oxygen atoms in total. The number of carbonyl (C=O) groups is 2. The Bertz CT molecular complexity index is 482. The van der Waals surface area contributed by atoms with Crippen LogP contribution in [0.3, 0.4) is 0 Å². The number of amides is 1. The number of H-pyrrole nitrogens is 1. The quantitative estimate of drug-likeness (QED) is 0.772. The molecule has 1 aromatic heterocycles. The van der Waals surface area contributed by atoms with Gasteiger partial charge < -0.3 is 9.64 Å². The van der Waals surface area contributed by atoms with Crippen molar-refractivity contribution < 1.29 is 14.3 Å². The lowest BCUT2D eigenvalue weighted by atomic mass is 10.2. The number of rotatable bonds is 7. The molecule has 0 spiro atoms. The first kappa shape index (κ1) is 17.1. The van der Waals surface area contributed by atoms with E-state index in [1.807, 2.05) is 27.7 Å². The summed E-state index contributed by atoms with van der Waals surface area (Å²) in [5.74, 6) is 0.336. The van der Waals surface area contributed by atoms with Crippen molar-refractivity contribution in [3.8, 4) is 0 Å². The lowest BCUT2D eigenvalue weighted by molar-refractivity contribution is -0.143. The third-order valence-electron chi connectivity index (χ3n) is 2.74. The largest absolute Gasteiger partial charge is 0.465 e. The van der Waals surface area contributed by atoms with Crippen LogP contribution in [0.25, 0.3) is 0 Å². The molecule has 0 saturated heterocycles. The number of hydrogen-bond donors (Lipinski definition) is 1. The fourth-order valence-corrected chi connectivity index (χ4v) is 1.79. The molecule has 0 unspecified atom stereocenters. The number of aromatic nitrogens is 3. The van der Waals surface area contributed by atoms with E-state index in [9.17, 15) is 9.59 Å². The maximum Gasteiger partial charge on any atom is 0.325 e. The second kappa shape index (κ2) is 7.75.